The van der Waals surface area contributed by atoms with E-state index in [4.69, 9.17) is 9.47 Å². The standard InChI is InChI=1S/C20H21NO5/c1-12-10-15-11-16(25-2)8-9-17(15)18(21(12)20(23)24)13-4-6-14(7-5-13)19(22)26-3/h4-9,11-12,18H,10H2,1-3H3,(H,23,24)/t12-,18-/m0/s1. The summed E-state index contributed by atoms with van der Waals surface area (Å²) >= 11 is 0. The SMILES string of the molecule is COC(=O)c1ccc([C@H]2c3ccc(OC)cc3C[C@H](C)N2C(=O)O)cc1. The predicted molar refractivity (Wildman–Crippen MR) is 95.6 cm³/mol. The lowest BCUT2D eigenvalue weighted by Crippen LogP contribution is -2.45. The molecule has 1 aliphatic heterocycles. The maximum Gasteiger partial charge on any atom is 0.408 e. The molecule has 136 valence electrons. The number of carbonyl (C=O) groups excluding carboxylic acids is 1. The topological polar surface area (TPSA) is 76.1 Å². The number of hydrogen-bond donors (Lipinski definition) is 1. The highest BCUT2D eigenvalue weighted by molar-refractivity contribution is 5.89. The lowest BCUT2D eigenvalue weighted by Gasteiger charge is -2.40. The summed E-state index contributed by atoms with van der Waals surface area (Å²) in [7, 11) is 2.94. The van der Waals surface area contributed by atoms with E-state index in [2.05, 4.69) is 0 Å². The van der Waals surface area contributed by atoms with Crippen molar-refractivity contribution in [1.82, 2.24) is 4.90 Å². The number of benzene rings is 2. The molecule has 0 saturated carbocycles. The summed E-state index contributed by atoms with van der Waals surface area (Å²) in [6.07, 6.45) is -0.351. The first kappa shape index (κ1) is 17.8. The smallest absolute Gasteiger partial charge is 0.408 e. The van der Waals surface area contributed by atoms with Crippen molar-refractivity contribution in [3.05, 3.63) is 64.7 Å². The Hall–Kier alpha value is -3.02. The lowest BCUT2D eigenvalue weighted by molar-refractivity contribution is 0.0600. The summed E-state index contributed by atoms with van der Waals surface area (Å²) in [6.45, 7) is 1.90. The van der Waals surface area contributed by atoms with Gasteiger partial charge in [-0.25, -0.2) is 9.59 Å². The Balaban J connectivity index is 2.09. The van der Waals surface area contributed by atoms with Crippen molar-refractivity contribution in [1.29, 1.82) is 0 Å². The van der Waals surface area contributed by atoms with Crippen LogP contribution in [0.25, 0.3) is 0 Å². The van der Waals surface area contributed by atoms with Crippen LogP contribution >= 0.6 is 0 Å². The number of rotatable bonds is 3. The second-order valence-corrected chi connectivity index (χ2v) is 6.32. The fourth-order valence-corrected chi connectivity index (χ4v) is 3.53. The molecule has 0 aromatic heterocycles. The number of ether oxygens (including phenoxy) is 2. The van der Waals surface area contributed by atoms with E-state index in [1.54, 1.807) is 31.4 Å². The second kappa shape index (κ2) is 7.07. The monoisotopic (exact) mass is 355 g/mol. The molecule has 6 heteroatoms. The van der Waals surface area contributed by atoms with Crippen molar-refractivity contribution in [2.24, 2.45) is 0 Å². The van der Waals surface area contributed by atoms with Gasteiger partial charge in [0, 0.05) is 6.04 Å². The molecule has 1 amide bonds. The molecule has 2 atom stereocenters. The number of fused-ring (bicyclic) bond motifs is 1. The second-order valence-electron chi connectivity index (χ2n) is 6.32. The Morgan fingerprint density at radius 2 is 1.81 bits per heavy atom. The van der Waals surface area contributed by atoms with Crippen LogP contribution in [0.15, 0.2) is 42.5 Å². The summed E-state index contributed by atoms with van der Waals surface area (Å²) in [5.41, 5.74) is 3.23. The first-order valence-corrected chi connectivity index (χ1v) is 8.32. The minimum absolute atomic E-state index is 0.183. The third-order valence-electron chi connectivity index (χ3n) is 4.78. The van der Waals surface area contributed by atoms with Crippen LogP contribution < -0.4 is 4.74 Å². The molecule has 3 rings (SSSR count). The molecule has 2 aromatic rings. The summed E-state index contributed by atoms with van der Waals surface area (Å²) in [5, 5.41) is 9.77. The van der Waals surface area contributed by atoms with E-state index < -0.39 is 18.1 Å². The molecule has 6 nitrogen and oxygen atoms in total. The first-order valence-electron chi connectivity index (χ1n) is 8.32. The average molecular weight is 355 g/mol. The van der Waals surface area contributed by atoms with Crippen LogP contribution in [-0.2, 0) is 11.2 Å². The maximum atomic E-state index is 11.9. The third-order valence-corrected chi connectivity index (χ3v) is 4.78. The Morgan fingerprint density at radius 1 is 1.12 bits per heavy atom. The van der Waals surface area contributed by atoms with Gasteiger partial charge in [-0.3, -0.25) is 4.90 Å². The quantitative estimate of drug-likeness (QED) is 0.853. The number of methoxy groups -OCH3 is 2. The summed E-state index contributed by atoms with van der Waals surface area (Å²) < 4.78 is 10.0. The van der Waals surface area contributed by atoms with Crippen molar-refractivity contribution in [2.75, 3.05) is 14.2 Å². The van der Waals surface area contributed by atoms with Gasteiger partial charge in [0.15, 0.2) is 0 Å². The molecule has 1 N–H and O–H groups in total. The predicted octanol–water partition coefficient (Wildman–Crippen LogP) is 3.50. The molecule has 0 spiro atoms. The highest BCUT2D eigenvalue weighted by Gasteiger charge is 2.36. The van der Waals surface area contributed by atoms with E-state index in [-0.39, 0.29) is 6.04 Å². The molecule has 0 bridgehead atoms. The van der Waals surface area contributed by atoms with Crippen molar-refractivity contribution in [3.8, 4) is 5.75 Å². The Morgan fingerprint density at radius 3 is 2.38 bits per heavy atom. The van der Waals surface area contributed by atoms with Gasteiger partial charge >= 0.3 is 12.1 Å². The normalized spacial score (nSPS) is 18.8. The molecule has 2 aromatic carbocycles. The molecular formula is C20H21NO5. The van der Waals surface area contributed by atoms with Gasteiger partial charge in [0.25, 0.3) is 0 Å². The average Bonchev–Trinajstić information content (AvgIpc) is 2.65. The van der Waals surface area contributed by atoms with Gasteiger partial charge in [0.1, 0.15) is 5.75 Å². The Kier molecular flexibility index (Phi) is 4.84. The molecule has 0 radical (unpaired) electrons. The van der Waals surface area contributed by atoms with Crippen LogP contribution in [0.3, 0.4) is 0 Å². The number of hydrogen-bond acceptors (Lipinski definition) is 4. The Labute approximate surface area is 152 Å². The molecule has 26 heavy (non-hydrogen) atoms. The molecule has 0 unspecified atom stereocenters. The van der Waals surface area contributed by atoms with Crippen molar-refractivity contribution >= 4 is 12.1 Å². The summed E-state index contributed by atoms with van der Waals surface area (Å²) in [4.78, 5) is 25.0. The van der Waals surface area contributed by atoms with Crippen LogP contribution in [-0.4, -0.2) is 42.3 Å². The minimum Gasteiger partial charge on any atom is -0.497 e. The van der Waals surface area contributed by atoms with E-state index >= 15 is 0 Å². The van der Waals surface area contributed by atoms with Crippen molar-refractivity contribution in [3.63, 3.8) is 0 Å². The van der Waals surface area contributed by atoms with E-state index in [1.165, 1.54) is 12.0 Å². The van der Waals surface area contributed by atoms with E-state index in [0.29, 0.717) is 12.0 Å². The van der Waals surface area contributed by atoms with Crippen molar-refractivity contribution < 1.29 is 24.2 Å². The first-order chi connectivity index (χ1) is 12.5. The fourth-order valence-electron chi connectivity index (χ4n) is 3.53. The highest BCUT2D eigenvalue weighted by atomic mass is 16.5. The highest BCUT2D eigenvalue weighted by Crippen LogP contribution is 2.39. The summed E-state index contributed by atoms with van der Waals surface area (Å²) in [5.74, 6) is 0.327. The van der Waals surface area contributed by atoms with Gasteiger partial charge in [0.05, 0.1) is 25.8 Å². The van der Waals surface area contributed by atoms with Crippen LogP contribution in [0.1, 0.15) is 40.0 Å². The molecule has 1 aliphatic rings. The van der Waals surface area contributed by atoms with Crippen LogP contribution in [0.5, 0.6) is 5.75 Å². The maximum absolute atomic E-state index is 11.9. The third kappa shape index (κ3) is 3.10. The van der Waals surface area contributed by atoms with Gasteiger partial charge in [-0.1, -0.05) is 18.2 Å². The van der Waals surface area contributed by atoms with E-state index in [1.807, 2.05) is 25.1 Å². The molecule has 0 fully saturated rings. The van der Waals surface area contributed by atoms with Crippen LogP contribution in [0, 0.1) is 0 Å². The largest absolute Gasteiger partial charge is 0.497 e. The van der Waals surface area contributed by atoms with E-state index in [9.17, 15) is 14.7 Å². The van der Waals surface area contributed by atoms with Crippen LogP contribution in [0.4, 0.5) is 4.79 Å². The number of carboxylic acid groups (broad SMARTS) is 1. The molecule has 1 heterocycles. The summed E-state index contributed by atoms with van der Waals surface area (Å²) in [6, 6.07) is 12.0. The molecule has 0 saturated heterocycles. The number of nitrogens with zero attached hydrogens (tertiary/aromatic N) is 1. The fraction of sp³-hybridized carbons (Fsp3) is 0.300. The number of carbonyl (C=O) groups is 2. The molecule has 0 aliphatic carbocycles. The zero-order valence-corrected chi connectivity index (χ0v) is 14.9. The number of esters is 1. The van der Waals surface area contributed by atoms with Gasteiger partial charge in [0.2, 0.25) is 0 Å². The Bertz CT molecular complexity index is 831. The zero-order valence-electron chi connectivity index (χ0n) is 14.9. The van der Waals surface area contributed by atoms with E-state index in [0.717, 1.165) is 22.4 Å². The van der Waals surface area contributed by atoms with Gasteiger partial charge in [-0.2, -0.15) is 0 Å². The number of amides is 1. The lowest BCUT2D eigenvalue weighted by atomic mass is 9.85. The zero-order chi connectivity index (χ0) is 18.8. The van der Waals surface area contributed by atoms with Crippen molar-refractivity contribution in [2.45, 2.75) is 25.4 Å². The van der Waals surface area contributed by atoms with Gasteiger partial charge in [-0.05, 0) is 54.3 Å². The van der Waals surface area contributed by atoms with Gasteiger partial charge < -0.3 is 14.6 Å². The van der Waals surface area contributed by atoms with Gasteiger partial charge in [-0.15, -0.1) is 0 Å². The molecular weight excluding hydrogens is 334 g/mol. The minimum atomic E-state index is -0.971. The van der Waals surface area contributed by atoms with Crippen LogP contribution in [0.2, 0.25) is 0 Å².